The maximum atomic E-state index is 10.4. The summed E-state index contributed by atoms with van der Waals surface area (Å²) in [4.78, 5) is 11.6. The van der Waals surface area contributed by atoms with Gasteiger partial charge in [0.1, 0.15) is 0 Å². The molecule has 0 saturated carbocycles. The number of carboxylic acids is 1. The maximum Gasteiger partial charge on any atom is 0.303 e. The van der Waals surface area contributed by atoms with Crippen molar-refractivity contribution in [2.75, 3.05) is 0 Å². The van der Waals surface area contributed by atoms with Gasteiger partial charge in [-0.1, -0.05) is 26.0 Å². The maximum absolute atomic E-state index is 10.4. The number of rotatable bonds is 5. The Bertz CT molecular complexity index is 317. The quantitative estimate of drug-likeness (QED) is 0.780. The summed E-state index contributed by atoms with van der Waals surface area (Å²) in [6.45, 7) is 4.31. The van der Waals surface area contributed by atoms with Crippen molar-refractivity contribution in [3.8, 4) is 0 Å². The fourth-order valence-corrected chi connectivity index (χ4v) is 2.10. The highest BCUT2D eigenvalue weighted by Crippen LogP contribution is 2.23. The molecule has 0 aromatic heterocycles. The molecule has 0 aliphatic carbocycles. The first-order valence-electron chi connectivity index (χ1n) is 5.05. The van der Waals surface area contributed by atoms with Crippen molar-refractivity contribution in [2.45, 2.75) is 36.8 Å². The zero-order valence-corrected chi connectivity index (χ0v) is 9.88. The predicted molar refractivity (Wildman–Crippen MR) is 63.4 cm³/mol. The third-order valence-electron chi connectivity index (χ3n) is 1.92. The van der Waals surface area contributed by atoms with Crippen molar-refractivity contribution in [1.82, 2.24) is 0 Å². The second-order valence-electron chi connectivity index (χ2n) is 3.70. The Morgan fingerprint density at radius 1 is 1.33 bits per heavy atom. The molecule has 3 heteroatoms. The van der Waals surface area contributed by atoms with Crippen molar-refractivity contribution < 1.29 is 9.90 Å². The van der Waals surface area contributed by atoms with Crippen LogP contribution in [-0.4, -0.2) is 16.3 Å². The third kappa shape index (κ3) is 4.88. The molecule has 15 heavy (non-hydrogen) atoms. The lowest BCUT2D eigenvalue weighted by atomic mass is 10.1. The summed E-state index contributed by atoms with van der Waals surface area (Å²) in [6.07, 6.45) is 0.818. The van der Waals surface area contributed by atoms with Crippen LogP contribution in [0.2, 0.25) is 0 Å². The summed E-state index contributed by atoms with van der Waals surface area (Å²) < 4.78 is 0. The van der Waals surface area contributed by atoms with Gasteiger partial charge in [0, 0.05) is 16.6 Å². The Morgan fingerprint density at radius 3 is 2.40 bits per heavy atom. The Labute approximate surface area is 94.7 Å². The normalized spacial score (nSPS) is 10.6. The van der Waals surface area contributed by atoms with Gasteiger partial charge in [0.15, 0.2) is 0 Å². The van der Waals surface area contributed by atoms with Crippen LogP contribution in [0.4, 0.5) is 0 Å². The van der Waals surface area contributed by atoms with E-state index in [2.05, 4.69) is 26.0 Å². The highest BCUT2D eigenvalue weighted by Gasteiger charge is 2.01. The minimum atomic E-state index is -0.740. The molecule has 0 aliphatic heterocycles. The van der Waals surface area contributed by atoms with Crippen LogP contribution in [0.15, 0.2) is 29.2 Å². The number of aryl methyl sites for hydroxylation is 1. The number of carbonyl (C=O) groups is 1. The Balaban J connectivity index is 2.52. The number of aliphatic carboxylic acids is 1. The molecule has 0 unspecified atom stereocenters. The Kier molecular flexibility index (Phi) is 4.69. The molecule has 0 spiro atoms. The van der Waals surface area contributed by atoms with Gasteiger partial charge < -0.3 is 5.11 Å². The van der Waals surface area contributed by atoms with E-state index in [4.69, 9.17) is 5.11 Å². The standard InChI is InChI=1S/C12H16O2S/c1-9(2)15-11-6-3-10(4-7-11)5-8-12(13)14/h3-4,6-7,9H,5,8H2,1-2H3,(H,13,14). The second kappa shape index (κ2) is 5.81. The van der Waals surface area contributed by atoms with Gasteiger partial charge in [0.25, 0.3) is 0 Å². The van der Waals surface area contributed by atoms with Crippen LogP contribution >= 0.6 is 11.8 Å². The lowest BCUT2D eigenvalue weighted by molar-refractivity contribution is -0.136. The van der Waals surface area contributed by atoms with Crippen LogP contribution in [0.25, 0.3) is 0 Å². The molecule has 0 atom stereocenters. The molecule has 0 fully saturated rings. The van der Waals surface area contributed by atoms with Gasteiger partial charge in [-0.3, -0.25) is 4.79 Å². The van der Waals surface area contributed by atoms with E-state index in [1.165, 1.54) is 4.90 Å². The Hall–Kier alpha value is -0.960. The van der Waals surface area contributed by atoms with E-state index in [1.54, 1.807) is 0 Å². The molecule has 0 amide bonds. The summed E-state index contributed by atoms with van der Waals surface area (Å²) in [7, 11) is 0. The number of benzene rings is 1. The summed E-state index contributed by atoms with van der Waals surface area (Å²) in [5.74, 6) is -0.740. The Morgan fingerprint density at radius 2 is 1.93 bits per heavy atom. The van der Waals surface area contributed by atoms with Gasteiger partial charge >= 0.3 is 5.97 Å². The molecule has 1 aromatic carbocycles. The molecule has 82 valence electrons. The molecule has 1 rings (SSSR count). The molecule has 0 aliphatic rings. The summed E-state index contributed by atoms with van der Waals surface area (Å²) in [5.41, 5.74) is 1.09. The van der Waals surface area contributed by atoms with Crippen LogP contribution < -0.4 is 0 Å². The molecule has 0 bridgehead atoms. The number of hydrogen-bond acceptors (Lipinski definition) is 2. The molecule has 0 saturated heterocycles. The summed E-state index contributed by atoms with van der Waals surface area (Å²) >= 11 is 1.82. The van der Waals surface area contributed by atoms with Gasteiger partial charge in [-0.25, -0.2) is 0 Å². The van der Waals surface area contributed by atoms with E-state index in [0.717, 1.165) is 5.56 Å². The van der Waals surface area contributed by atoms with Gasteiger partial charge in [-0.2, -0.15) is 0 Å². The van der Waals surface area contributed by atoms with Crippen LogP contribution in [0.1, 0.15) is 25.8 Å². The summed E-state index contributed by atoms with van der Waals surface area (Å²) in [5, 5.41) is 9.12. The monoisotopic (exact) mass is 224 g/mol. The fraction of sp³-hybridized carbons (Fsp3) is 0.417. The largest absolute Gasteiger partial charge is 0.481 e. The molecular formula is C12H16O2S. The highest BCUT2D eigenvalue weighted by atomic mass is 32.2. The van der Waals surface area contributed by atoms with Crippen molar-refractivity contribution in [2.24, 2.45) is 0 Å². The zero-order chi connectivity index (χ0) is 11.3. The highest BCUT2D eigenvalue weighted by molar-refractivity contribution is 7.99. The van der Waals surface area contributed by atoms with E-state index >= 15 is 0 Å². The first kappa shape index (κ1) is 12.1. The first-order valence-corrected chi connectivity index (χ1v) is 5.93. The fourth-order valence-electron chi connectivity index (χ4n) is 1.26. The average molecular weight is 224 g/mol. The predicted octanol–water partition coefficient (Wildman–Crippen LogP) is 3.20. The van der Waals surface area contributed by atoms with E-state index in [9.17, 15) is 4.79 Å². The molecule has 0 radical (unpaired) electrons. The number of carboxylic acid groups (broad SMARTS) is 1. The molecule has 1 aromatic rings. The van der Waals surface area contributed by atoms with Crippen molar-refractivity contribution in [1.29, 1.82) is 0 Å². The van der Waals surface area contributed by atoms with Gasteiger partial charge in [0.05, 0.1) is 0 Å². The molecular weight excluding hydrogens is 208 g/mol. The van der Waals surface area contributed by atoms with Crippen LogP contribution in [0.3, 0.4) is 0 Å². The minimum absolute atomic E-state index is 0.205. The number of hydrogen-bond donors (Lipinski definition) is 1. The van der Waals surface area contributed by atoms with Crippen LogP contribution in [0, 0.1) is 0 Å². The molecule has 2 nitrogen and oxygen atoms in total. The van der Waals surface area contributed by atoms with Gasteiger partial charge in [-0.05, 0) is 24.1 Å². The second-order valence-corrected chi connectivity index (χ2v) is 5.35. The van der Waals surface area contributed by atoms with E-state index in [0.29, 0.717) is 11.7 Å². The van der Waals surface area contributed by atoms with Gasteiger partial charge in [0.2, 0.25) is 0 Å². The average Bonchev–Trinajstić information content (AvgIpc) is 2.16. The lowest BCUT2D eigenvalue weighted by Crippen LogP contribution is -1.97. The minimum Gasteiger partial charge on any atom is -0.481 e. The van der Waals surface area contributed by atoms with E-state index in [1.807, 2.05) is 23.9 Å². The SMILES string of the molecule is CC(C)Sc1ccc(CCC(=O)O)cc1. The van der Waals surface area contributed by atoms with Gasteiger partial charge in [-0.15, -0.1) is 11.8 Å². The third-order valence-corrected chi connectivity index (χ3v) is 2.94. The van der Waals surface area contributed by atoms with E-state index in [-0.39, 0.29) is 6.42 Å². The topological polar surface area (TPSA) is 37.3 Å². The lowest BCUT2D eigenvalue weighted by Gasteiger charge is -2.05. The first-order chi connectivity index (χ1) is 7.08. The molecule has 0 heterocycles. The summed E-state index contributed by atoms with van der Waals surface area (Å²) in [6, 6.07) is 8.13. The molecule has 1 N–H and O–H groups in total. The zero-order valence-electron chi connectivity index (χ0n) is 9.06. The van der Waals surface area contributed by atoms with E-state index < -0.39 is 5.97 Å². The number of thioether (sulfide) groups is 1. The van der Waals surface area contributed by atoms with Crippen molar-refractivity contribution in [3.63, 3.8) is 0 Å². The smallest absolute Gasteiger partial charge is 0.303 e. The van der Waals surface area contributed by atoms with Crippen LogP contribution in [-0.2, 0) is 11.2 Å². The van der Waals surface area contributed by atoms with Crippen molar-refractivity contribution in [3.05, 3.63) is 29.8 Å². The van der Waals surface area contributed by atoms with Crippen molar-refractivity contribution >= 4 is 17.7 Å². The van der Waals surface area contributed by atoms with Crippen LogP contribution in [0.5, 0.6) is 0 Å².